The molecule has 166 valence electrons. The van der Waals surface area contributed by atoms with Crippen molar-refractivity contribution in [1.29, 1.82) is 0 Å². The molecule has 8 heteroatoms. The molecule has 1 atom stereocenters. The number of hydrogen-bond donors (Lipinski definition) is 2. The molecule has 1 aliphatic heterocycles. The smallest absolute Gasteiger partial charge is 0.321 e. The van der Waals surface area contributed by atoms with Crippen LogP contribution in [0.2, 0.25) is 0 Å². The second kappa shape index (κ2) is 11.2. The molecule has 30 heavy (non-hydrogen) atoms. The molecule has 2 aliphatic rings. The second-order valence-corrected chi connectivity index (χ2v) is 8.02. The summed E-state index contributed by atoms with van der Waals surface area (Å²) in [6.45, 7) is 6.65. The first-order valence-electron chi connectivity index (χ1n) is 10.9. The third-order valence-electron chi connectivity index (χ3n) is 6.00. The summed E-state index contributed by atoms with van der Waals surface area (Å²) in [5.74, 6) is 1.41. The largest absolute Gasteiger partial charge is 0.497 e. The fraction of sp³-hybridized carbons (Fsp3) is 0.636. The van der Waals surface area contributed by atoms with Crippen LogP contribution in [0.15, 0.2) is 24.3 Å². The molecule has 1 aromatic carbocycles. The summed E-state index contributed by atoms with van der Waals surface area (Å²) in [6.07, 6.45) is 4.29. The highest BCUT2D eigenvalue weighted by molar-refractivity contribution is 5.96. The molecule has 0 radical (unpaired) electrons. The Balaban J connectivity index is 1.32. The number of carbonyl (C=O) groups is 2. The fourth-order valence-electron chi connectivity index (χ4n) is 4.01. The molecule has 2 fully saturated rings. The quantitative estimate of drug-likeness (QED) is 0.670. The maximum absolute atomic E-state index is 12.4. The van der Waals surface area contributed by atoms with Gasteiger partial charge < -0.3 is 14.8 Å². The number of carbonyl (C=O) groups excluding carboxylic acids is 2. The van der Waals surface area contributed by atoms with Gasteiger partial charge in [-0.15, -0.1) is 0 Å². The van der Waals surface area contributed by atoms with Crippen molar-refractivity contribution < 1.29 is 19.1 Å². The second-order valence-electron chi connectivity index (χ2n) is 8.02. The van der Waals surface area contributed by atoms with Crippen LogP contribution in [0, 0.1) is 0 Å². The van der Waals surface area contributed by atoms with E-state index in [1.807, 2.05) is 31.2 Å². The van der Waals surface area contributed by atoms with Crippen LogP contribution in [0.3, 0.4) is 0 Å². The number of rotatable bonds is 8. The normalized spacial score (nSPS) is 19.3. The molecule has 3 amide bonds. The van der Waals surface area contributed by atoms with Gasteiger partial charge in [-0.05, 0) is 44.0 Å². The number of nitrogens with one attached hydrogen (secondary N) is 2. The van der Waals surface area contributed by atoms with E-state index in [0.717, 1.165) is 69.9 Å². The lowest BCUT2D eigenvalue weighted by Crippen LogP contribution is -2.56. The number of imide groups is 1. The minimum Gasteiger partial charge on any atom is -0.497 e. The van der Waals surface area contributed by atoms with Crippen LogP contribution < -0.4 is 20.1 Å². The number of urea groups is 1. The summed E-state index contributed by atoms with van der Waals surface area (Å²) in [7, 11) is 1.64. The van der Waals surface area contributed by atoms with Gasteiger partial charge in [-0.2, -0.15) is 0 Å². The molecule has 0 bridgehead atoms. The Morgan fingerprint density at radius 2 is 1.70 bits per heavy atom. The van der Waals surface area contributed by atoms with Gasteiger partial charge in [0.2, 0.25) is 5.91 Å². The van der Waals surface area contributed by atoms with Crippen molar-refractivity contribution in [2.75, 3.05) is 46.4 Å². The van der Waals surface area contributed by atoms with Crippen molar-refractivity contribution in [2.24, 2.45) is 0 Å². The summed E-state index contributed by atoms with van der Waals surface area (Å²) in [5, 5.41) is 5.40. The fourth-order valence-corrected chi connectivity index (χ4v) is 4.01. The number of amides is 3. The van der Waals surface area contributed by atoms with Gasteiger partial charge >= 0.3 is 6.03 Å². The maximum atomic E-state index is 12.4. The van der Waals surface area contributed by atoms with E-state index >= 15 is 0 Å². The van der Waals surface area contributed by atoms with E-state index in [1.54, 1.807) is 7.11 Å². The number of methoxy groups -OCH3 is 1. The zero-order chi connectivity index (χ0) is 21.3. The van der Waals surface area contributed by atoms with E-state index in [-0.39, 0.29) is 24.0 Å². The van der Waals surface area contributed by atoms with Gasteiger partial charge in [0.05, 0.1) is 13.2 Å². The first-order chi connectivity index (χ1) is 14.5. The van der Waals surface area contributed by atoms with Gasteiger partial charge in [-0.25, -0.2) is 4.79 Å². The van der Waals surface area contributed by atoms with Crippen LogP contribution in [-0.2, 0) is 4.79 Å². The van der Waals surface area contributed by atoms with Gasteiger partial charge in [-0.1, -0.05) is 12.8 Å². The van der Waals surface area contributed by atoms with Gasteiger partial charge in [0.15, 0.2) is 0 Å². The highest BCUT2D eigenvalue weighted by Crippen LogP contribution is 2.18. The molecule has 8 nitrogen and oxygen atoms in total. The van der Waals surface area contributed by atoms with Crippen LogP contribution in [-0.4, -0.2) is 80.3 Å². The van der Waals surface area contributed by atoms with Gasteiger partial charge in [0.1, 0.15) is 18.1 Å². The lowest BCUT2D eigenvalue weighted by molar-refractivity contribution is -0.125. The lowest BCUT2D eigenvalue weighted by atomic mass is 10.2. The molecule has 1 saturated carbocycles. The molecular weight excluding hydrogens is 384 g/mol. The summed E-state index contributed by atoms with van der Waals surface area (Å²) in [4.78, 5) is 28.9. The molecular formula is C22H34N4O4. The van der Waals surface area contributed by atoms with Crippen LogP contribution in [0.25, 0.3) is 0 Å². The van der Waals surface area contributed by atoms with Crippen LogP contribution in [0.5, 0.6) is 11.5 Å². The number of benzene rings is 1. The summed E-state index contributed by atoms with van der Waals surface area (Å²) >= 11 is 0. The Labute approximate surface area is 178 Å². The summed E-state index contributed by atoms with van der Waals surface area (Å²) < 4.78 is 10.9. The Morgan fingerprint density at radius 3 is 2.33 bits per heavy atom. The predicted molar refractivity (Wildman–Crippen MR) is 115 cm³/mol. The predicted octanol–water partition coefficient (Wildman–Crippen LogP) is 1.85. The Bertz CT molecular complexity index is 683. The highest BCUT2D eigenvalue weighted by Gasteiger charge is 2.27. The Morgan fingerprint density at radius 1 is 1.07 bits per heavy atom. The van der Waals surface area contributed by atoms with Crippen molar-refractivity contribution in [3.8, 4) is 11.5 Å². The van der Waals surface area contributed by atoms with Crippen LogP contribution >= 0.6 is 0 Å². The molecule has 0 unspecified atom stereocenters. The van der Waals surface area contributed by atoms with Crippen LogP contribution in [0.1, 0.15) is 32.6 Å². The van der Waals surface area contributed by atoms with Crippen molar-refractivity contribution >= 4 is 11.9 Å². The standard InChI is InChI=1S/C22H34N4O4/c1-17(21(27)24-22(28)23-18-5-3-4-6-18)26-13-11-25(12-14-26)15-16-30-20-9-7-19(29-2)8-10-20/h7-10,17-18H,3-6,11-16H2,1-2H3,(H2,23,24,27,28)/t17-/m0/s1. The van der Waals surface area contributed by atoms with Crippen molar-refractivity contribution in [1.82, 2.24) is 20.4 Å². The molecule has 1 aliphatic carbocycles. The van der Waals surface area contributed by atoms with Gasteiger partial charge in [0.25, 0.3) is 0 Å². The van der Waals surface area contributed by atoms with Crippen LogP contribution in [0.4, 0.5) is 4.79 Å². The first kappa shape index (κ1) is 22.4. The topological polar surface area (TPSA) is 83.1 Å². The highest BCUT2D eigenvalue weighted by atomic mass is 16.5. The maximum Gasteiger partial charge on any atom is 0.321 e. The molecule has 0 aromatic heterocycles. The van der Waals surface area contributed by atoms with Crippen molar-refractivity contribution in [3.63, 3.8) is 0 Å². The molecule has 1 heterocycles. The third kappa shape index (κ3) is 6.60. The van der Waals surface area contributed by atoms with E-state index < -0.39 is 0 Å². The SMILES string of the molecule is COc1ccc(OCCN2CCN([C@@H](C)C(=O)NC(=O)NC3CCCC3)CC2)cc1. The summed E-state index contributed by atoms with van der Waals surface area (Å²) in [5.41, 5.74) is 0. The average Bonchev–Trinajstić information content (AvgIpc) is 3.27. The number of nitrogens with zero attached hydrogens (tertiary/aromatic N) is 2. The monoisotopic (exact) mass is 418 g/mol. The zero-order valence-corrected chi connectivity index (χ0v) is 18.1. The van der Waals surface area contributed by atoms with Crippen molar-refractivity contribution in [3.05, 3.63) is 24.3 Å². The average molecular weight is 419 g/mol. The number of hydrogen-bond acceptors (Lipinski definition) is 6. The van der Waals surface area contributed by atoms with E-state index in [1.165, 1.54) is 0 Å². The molecule has 1 saturated heterocycles. The van der Waals surface area contributed by atoms with E-state index in [9.17, 15) is 9.59 Å². The number of piperazine rings is 1. The van der Waals surface area contributed by atoms with E-state index in [4.69, 9.17) is 9.47 Å². The first-order valence-corrected chi connectivity index (χ1v) is 10.9. The molecule has 3 rings (SSSR count). The minimum atomic E-state index is -0.368. The summed E-state index contributed by atoms with van der Waals surface area (Å²) in [6, 6.07) is 7.09. The van der Waals surface area contributed by atoms with E-state index in [2.05, 4.69) is 20.4 Å². The number of ether oxygens (including phenoxy) is 2. The zero-order valence-electron chi connectivity index (χ0n) is 18.1. The minimum absolute atomic E-state index is 0.205. The van der Waals surface area contributed by atoms with Gasteiger partial charge in [-0.3, -0.25) is 19.9 Å². The Hall–Kier alpha value is -2.32. The van der Waals surface area contributed by atoms with E-state index in [0.29, 0.717) is 6.61 Å². The lowest BCUT2D eigenvalue weighted by Gasteiger charge is -2.37. The molecule has 1 aromatic rings. The third-order valence-corrected chi connectivity index (χ3v) is 6.00. The Kier molecular flexibility index (Phi) is 8.33. The molecule has 0 spiro atoms. The van der Waals surface area contributed by atoms with Gasteiger partial charge in [0, 0.05) is 38.8 Å². The molecule has 2 N–H and O–H groups in total. The van der Waals surface area contributed by atoms with Crippen molar-refractivity contribution in [2.45, 2.75) is 44.7 Å².